The zero-order valence-corrected chi connectivity index (χ0v) is 16.5. The topological polar surface area (TPSA) is 39.9 Å². The smallest absolute Gasteiger partial charge is 0.185 e. The van der Waals surface area contributed by atoms with Crippen molar-refractivity contribution in [2.24, 2.45) is 0 Å². The van der Waals surface area contributed by atoms with Crippen LogP contribution in [0.4, 0.5) is 0 Å². The van der Waals surface area contributed by atoms with Gasteiger partial charge in [0, 0.05) is 23.3 Å². The predicted molar refractivity (Wildman–Crippen MR) is 93.8 cm³/mol. The molecule has 0 saturated carbocycles. The van der Waals surface area contributed by atoms with Crippen LogP contribution in [0, 0.1) is 6.92 Å². The van der Waals surface area contributed by atoms with Crippen molar-refractivity contribution in [2.45, 2.75) is 13.5 Å². The zero-order chi connectivity index (χ0) is 17.0. The molecule has 5 heterocycles. The Morgan fingerprint density at radius 3 is 2.08 bits per heavy atom. The van der Waals surface area contributed by atoms with Crippen LogP contribution in [0.3, 0.4) is 0 Å². The van der Waals surface area contributed by atoms with E-state index < -0.39 is 0 Å². The predicted octanol–water partition coefficient (Wildman–Crippen LogP) is -1.37. The summed E-state index contributed by atoms with van der Waals surface area (Å²) in [4.78, 5) is 19.3. The normalized spacial score (nSPS) is 31.7. The first-order valence-corrected chi connectivity index (χ1v) is 8.80. The number of nitrogens with zero attached hydrogens (tertiary/aromatic N) is 4. The maximum atomic E-state index is 11.7. The summed E-state index contributed by atoms with van der Waals surface area (Å²) in [5.41, 5.74) is 2.29. The number of benzene rings is 1. The second-order valence-corrected chi connectivity index (χ2v) is 7.83. The third-order valence-corrected chi connectivity index (χ3v) is 5.35. The molecule has 0 N–H and O–H groups in total. The van der Waals surface area contributed by atoms with Crippen LogP contribution in [0.2, 0.25) is 0 Å². The molecular formula is C19H23BrN4O2. The Labute approximate surface area is 163 Å². The van der Waals surface area contributed by atoms with Gasteiger partial charge in [-0.2, -0.15) is 0 Å². The van der Waals surface area contributed by atoms with E-state index in [0.717, 1.165) is 56.6 Å². The van der Waals surface area contributed by atoms with E-state index in [1.165, 1.54) is 11.6 Å². The highest BCUT2D eigenvalue weighted by Crippen LogP contribution is 2.31. The molecule has 0 spiro atoms. The number of aryl methyl sites for hydroxylation is 1. The quantitative estimate of drug-likeness (QED) is 0.575. The van der Waals surface area contributed by atoms with Gasteiger partial charge in [0.1, 0.15) is 38.1 Å². The molecule has 0 unspecified atom stereocenters. The molecule has 138 valence electrons. The summed E-state index contributed by atoms with van der Waals surface area (Å²) >= 11 is 0. The number of hydrogen-bond donors (Lipinski definition) is 0. The molecule has 0 amide bonds. The minimum atomic E-state index is -0.00907. The van der Waals surface area contributed by atoms with Crippen LogP contribution >= 0.6 is 0 Å². The lowest BCUT2D eigenvalue weighted by molar-refractivity contribution is -0.991. The zero-order valence-electron chi connectivity index (χ0n) is 14.9. The molecule has 0 radical (unpaired) electrons. The highest BCUT2D eigenvalue weighted by atomic mass is 79.9. The molecule has 7 heteroatoms. The van der Waals surface area contributed by atoms with Crippen LogP contribution in [0.25, 0.3) is 11.3 Å². The van der Waals surface area contributed by atoms with Crippen molar-refractivity contribution in [3.8, 4) is 11.3 Å². The number of hydrogen-bond acceptors (Lipinski definition) is 5. The maximum Gasteiger partial charge on any atom is 0.185 e. The summed E-state index contributed by atoms with van der Waals surface area (Å²) in [7, 11) is 0. The van der Waals surface area contributed by atoms with E-state index in [4.69, 9.17) is 4.42 Å². The molecular weight excluding hydrogens is 396 g/mol. The summed E-state index contributed by atoms with van der Waals surface area (Å²) in [5.74, 6) is 1.29. The molecule has 2 aromatic rings. The van der Waals surface area contributed by atoms with E-state index in [-0.39, 0.29) is 22.4 Å². The van der Waals surface area contributed by atoms with Crippen molar-refractivity contribution in [1.82, 2.24) is 14.7 Å². The van der Waals surface area contributed by atoms with E-state index in [0.29, 0.717) is 11.5 Å². The summed E-state index contributed by atoms with van der Waals surface area (Å²) in [6.07, 6.45) is 0. The van der Waals surface area contributed by atoms with Crippen LogP contribution in [0.5, 0.6) is 0 Å². The second-order valence-electron chi connectivity index (χ2n) is 7.83. The first-order chi connectivity index (χ1) is 12.1. The minimum absolute atomic E-state index is 0. The van der Waals surface area contributed by atoms with Gasteiger partial charge in [0.05, 0.1) is 20.0 Å². The molecule has 4 aliphatic heterocycles. The van der Waals surface area contributed by atoms with Crippen molar-refractivity contribution >= 4 is 0 Å². The van der Waals surface area contributed by atoms with E-state index >= 15 is 0 Å². The lowest BCUT2D eigenvalue weighted by atomic mass is 10.1. The van der Waals surface area contributed by atoms with E-state index in [1.54, 1.807) is 6.07 Å². The molecule has 4 saturated heterocycles. The van der Waals surface area contributed by atoms with Gasteiger partial charge in [0.2, 0.25) is 0 Å². The average Bonchev–Trinajstić information content (AvgIpc) is 2.53. The van der Waals surface area contributed by atoms with Gasteiger partial charge in [-0.25, -0.2) is 14.7 Å². The summed E-state index contributed by atoms with van der Waals surface area (Å²) in [6, 6.07) is 11.6. The monoisotopic (exact) mass is 418 g/mol. The number of halogens is 1. The van der Waals surface area contributed by atoms with Crippen LogP contribution < -0.4 is 22.4 Å². The molecule has 4 bridgehead atoms. The summed E-state index contributed by atoms with van der Waals surface area (Å²) in [5, 5.41) is 0. The van der Waals surface area contributed by atoms with Crippen molar-refractivity contribution in [2.75, 3.05) is 40.0 Å². The third kappa shape index (κ3) is 3.25. The summed E-state index contributed by atoms with van der Waals surface area (Å²) < 4.78 is 6.79. The van der Waals surface area contributed by atoms with E-state index in [9.17, 15) is 4.79 Å². The lowest BCUT2D eigenvalue weighted by Gasteiger charge is -2.60. The Hall–Kier alpha value is -1.51. The first kappa shape index (κ1) is 17.9. The van der Waals surface area contributed by atoms with Crippen LogP contribution in [-0.4, -0.2) is 59.2 Å². The van der Waals surface area contributed by atoms with Gasteiger partial charge in [-0.3, -0.25) is 9.28 Å². The van der Waals surface area contributed by atoms with Crippen molar-refractivity contribution in [3.63, 3.8) is 0 Å². The highest BCUT2D eigenvalue weighted by molar-refractivity contribution is 5.57. The standard InChI is InChI=1S/C19H23N4O2.BrH/c1-15-6-18(24)7-19(25-15)17-4-2-16(3-5-17)8-23-12-20-9-21(13-23)11-22(10-20)14-23;/h2-7H,8-14H2,1H3;1H/q+1;/p-1. The Morgan fingerprint density at radius 1 is 0.962 bits per heavy atom. The molecule has 6 nitrogen and oxygen atoms in total. The SMILES string of the molecule is Cc1cc(=O)cc(-c2ccc(C[N+]34CN5CN(CN(C5)C3)C4)cc2)o1.[Br-]. The third-order valence-electron chi connectivity index (χ3n) is 5.35. The lowest BCUT2D eigenvalue weighted by Crippen LogP contribution is -3.00. The fourth-order valence-electron chi connectivity index (χ4n) is 4.72. The molecule has 4 fully saturated rings. The summed E-state index contributed by atoms with van der Waals surface area (Å²) in [6.45, 7) is 9.61. The highest BCUT2D eigenvalue weighted by Gasteiger charge is 2.48. The van der Waals surface area contributed by atoms with Gasteiger partial charge in [-0.05, 0) is 6.92 Å². The van der Waals surface area contributed by atoms with Crippen LogP contribution in [0.15, 0.2) is 45.6 Å². The van der Waals surface area contributed by atoms with Gasteiger partial charge in [-0.1, -0.05) is 24.3 Å². The molecule has 6 rings (SSSR count). The van der Waals surface area contributed by atoms with Gasteiger partial charge in [0.25, 0.3) is 0 Å². The van der Waals surface area contributed by atoms with Crippen molar-refractivity contribution in [3.05, 3.63) is 57.9 Å². The molecule has 0 aliphatic carbocycles. The number of rotatable bonds is 3. The van der Waals surface area contributed by atoms with E-state index in [1.807, 2.05) is 6.92 Å². The molecule has 4 aliphatic rings. The Bertz CT molecular complexity index is 829. The fourth-order valence-corrected chi connectivity index (χ4v) is 4.72. The number of quaternary nitrogens is 1. The van der Waals surface area contributed by atoms with Gasteiger partial charge in [0.15, 0.2) is 5.43 Å². The van der Waals surface area contributed by atoms with Gasteiger partial charge in [-0.15, -0.1) is 0 Å². The van der Waals surface area contributed by atoms with Gasteiger partial charge >= 0.3 is 0 Å². The van der Waals surface area contributed by atoms with Gasteiger partial charge < -0.3 is 21.4 Å². The minimum Gasteiger partial charge on any atom is -1.00 e. The van der Waals surface area contributed by atoms with Crippen molar-refractivity contribution < 1.29 is 25.9 Å². The van der Waals surface area contributed by atoms with Crippen molar-refractivity contribution in [1.29, 1.82) is 0 Å². The molecule has 26 heavy (non-hydrogen) atoms. The molecule has 1 aromatic carbocycles. The Kier molecular flexibility index (Phi) is 4.53. The molecule has 1 aromatic heterocycles. The fraction of sp³-hybridized carbons (Fsp3) is 0.421. The Balaban J connectivity index is 0.00000168. The Morgan fingerprint density at radius 2 is 1.54 bits per heavy atom. The van der Waals surface area contributed by atoms with E-state index in [2.05, 4.69) is 39.0 Å². The van der Waals surface area contributed by atoms with Crippen LogP contribution in [0.1, 0.15) is 11.3 Å². The second kappa shape index (κ2) is 6.58. The van der Waals surface area contributed by atoms with Crippen LogP contribution in [-0.2, 0) is 6.54 Å². The largest absolute Gasteiger partial charge is 1.00 e. The maximum absolute atomic E-state index is 11.7. The molecule has 0 atom stereocenters. The average molecular weight is 419 g/mol. The first-order valence-electron chi connectivity index (χ1n) is 8.80.